The highest BCUT2D eigenvalue weighted by atomic mass is 32.1. The van der Waals surface area contributed by atoms with Crippen molar-refractivity contribution in [3.8, 4) is 17.2 Å². The molecule has 0 spiro atoms. The fraction of sp³-hybridized carbons (Fsp3) is 0.250. The van der Waals surface area contributed by atoms with E-state index in [-0.39, 0.29) is 12.2 Å². The summed E-state index contributed by atoms with van der Waals surface area (Å²) in [6.45, 7) is 8.75. The minimum Gasteiger partial charge on any atom is -0.490 e. The van der Waals surface area contributed by atoms with E-state index in [1.807, 2.05) is 42.5 Å². The van der Waals surface area contributed by atoms with Gasteiger partial charge in [0, 0.05) is 0 Å². The van der Waals surface area contributed by atoms with Gasteiger partial charge < -0.3 is 18.9 Å². The first-order valence-corrected chi connectivity index (χ1v) is 12.7. The molecule has 5 rings (SSSR count). The average molecular weight is 519 g/mol. The summed E-state index contributed by atoms with van der Waals surface area (Å²) in [6, 6.07) is 12.2. The molecule has 37 heavy (non-hydrogen) atoms. The smallest absolute Gasteiger partial charge is 0.338 e. The molecule has 0 amide bonds. The lowest BCUT2D eigenvalue weighted by Gasteiger charge is -2.24. The van der Waals surface area contributed by atoms with Gasteiger partial charge in [0.25, 0.3) is 5.56 Å². The van der Waals surface area contributed by atoms with Crippen LogP contribution in [0.3, 0.4) is 0 Å². The number of nitrogens with zero attached hydrogens (tertiary/aromatic N) is 2. The third-order valence-corrected chi connectivity index (χ3v) is 6.93. The number of rotatable bonds is 7. The molecular weight excluding hydrogens is 492 g/mol. The van der Waals surface area contributed by atoms with Gasteiger partial charge in [-0.2, -0.15) is 0 Å². The highest BCUT2D eigenvalue weighted by molar-refractivity contribution is 7.07. The number of benzene rings is 2. The Labute approximate surface area is 217 Å². The summed E-state index contributed by atoms with van der Waals surface area (Å²) in [4.78, 5) is 31.9. The molecule has 0 bridgehead atoms. The van der Waals surface area contributed by atoms with Crippen LogP contribution in [0.15, 0.2) is 76.2 Å². The number of esters is 1. The molecule has 9 heteroatoms. The van der Waals surface area contributed by atoms with Crippen molar-refractivity contribution in [2.24, 2.45) is 4.99 Å². The predicted molar refractivity (Wildman–Crippen MR) is 140 cm³/mol. The standard InChI is InChI=1S/C28H26N2O6S/c1-4-12-34-20-9-7-19(8-10-20)25-24(27(32)33-5-2)17(3)29-28-30(25)26(31)23(37-28)16-18-6-11-21-22(15-18)36-14-13-35-21/h4,6-11,15-16,25H,1,5,12-14H2,2-3H3/b23-16-/t25-/m0/s1. The Morgan fingerprint density at radius 3 is 2.68 bits per heavy atom. The van der Waals surface area contributed by atoms with Crippen molar-refractivity contribution in [3.63, 3.8) is 0 Å². The molecule has 1 aromatic heterocycles. The van der Waals surface area contributed by atoms with Gasteiger partial charge in [-0.15, -0.1) is 0 Å². The molecule has 8 nitrogen and oxygen atoms in total. The third kappa shape index (κ3) is 4.82. The second-order valence-electron chi connectivity index (χ2n) is 8.37. The molecule has 0 saturated heterocycles. The first kappa shape index (κ1) is 24.6. The number of hydrogen-bond acceptors (Lipinski definition) is 8. The lowest BCUT2D eigenvalue weighted by atomic mass is 9.96. The molecule has 2 aromatic carbocycles. The number of aromatic nitrogens is 1. The average Bonchev–Trinajstić information content (AvgIpc) is 3.21. The molecule has 0 fully saturated rings. The second kappa shape index (κ2) is 10.5. The van der Waals surface area contributed by atoms with Crippen molar-refractivity contribution >= 4 is 23.4 Å². The zero-order valence-corrected chi connectivity index (χ0v) is 21.4. The Morgan fingerprint density at radius 1 is 1.19 bits per heavy atom. The number of hydrogen-bond donors (Lipinski definition) is 0. The predicted octanol–water partition coefficient (Wildman–Crippen LogP) is 3.13. The first-order valence-electron chi connectivity index (χ1n) is 11.9. The van der Waals surface area contributed by atoms with Gasteiger partial charge in [-0.25, -0.2) is 9.79 Å². The van der Waals surface area contributed by atoms with Crippen molar-refractivity contribution < 1.29 is 23.7 Å². The monoisotopic (exact) mass is 518 g/mol. The van der Waals surface area contributed by atoms with Crippen molar-refractivity contribution in [2.45, 2.75) is 19.9 Å². The quantitative estimate of drug-likeness (QED) is 0.353. The maximum atomic E-state index is 13.7. The normalized spacial score (nSPS) is 16.6. The van der Waals surface area contributed by atoms with Crippen LogP contribution < -0.4 is 29.1 Å². The Morgan fingerprint density at radius 2 is 1.95 bits per heavy atom. The van der Waals surface area contributed by atoms with Gasteiger partial charge in [0.1, 0.15) is 25.6 Å². The van der Waals surface area contributed by atoms with Gasteiger partial charge in [0.15, 0.2) is 16.3 Å². The van der Waals surface area contributed by atoms with Gasteiger partial charge in [0.05, 0.1) is 28.5 Å². The Kier molecular flexibility index (Phi) is 6.96. The zero-order valence-electron chi connectivity index (χ0n) is 20.6. The molecule has 0 N–H and O–H groups in total. The van der Waals surface area contributed by atoms with Crippen LogP contribution in [-0.4, -0.2) is 37.0 Å². The molecule has 0 aliphatic carbocycles. The fourth-order valence-corrected chi connectivity index (χ4v) is 5.36. The first-order chi connectivity index (χ1) is 18.0. The van der Waals surface area contributed by atoms with Crippen LogP contribution in [0, 0.1) is 0 Å². The Hall–Kier alpha value is -4.11. The van der Waals surface area contributed by atoms with Gasteiger partial charge >= 0.3 is 5.97 Å². The summed E-state index contributed by atoms with van der Waals surface area (Å²) in [5.41, 5.74) is 2.15. The highest BCUT2D eigenvalue weighted by Gasteiger charge is 2.33. The lowest BCUT2D eigenvalue weighted by Crippen LogP contribution is -2.39. The molecule has 3 aromatic rings. The number of allylic oxidation sites excluding steroid dienone is 1. The van der Waals surface area contributed by atoms with Crippen LogP contribution >= 0.6 is 11.3 Å². The second-order valence-corrected chi connectivity index (χ2v) is 9.38. The van der Waals surface area contributed by atoms with Crippen molar-refractivity contribution in [1.82, 2.24) is 4.57 Å². The molecule has 2 aliphatic rings. The van der Waals surface area contributed by atoms with Gasteiger partial charge in [-0.1, -0.05) is 42.2 Å². The Bertz CT molecular complexity index is 1570. The summed E-state index contributed by atoms with van der Waals surface area (Å²) >= 11 is 1.27. The number of ether oxygens (including phenoxy) is 4. The molecule has 190 valence electrons. The van der Waals surface area contributed by atoms with Crippen LogP contribution in [0.5, 0.6) is 17.2 Å². The maximum Gasteiger partial charge on any atom is 0.338 e. The Balaban J connectivity index is 1.63. The van der Waals surface area contributed by atoms with Crippen LogP contribution in [0.2, 0.25) is 0 Å². The number of fused-ring (bicyclic) bond motifs is 2. The van der Waals surface area contributed by atoms with Crippen LogP contribution in [0.4, 0.5) is 0 Å². The summed E-state index contributed by atoms with van der Waals surface area (Å²) in [6.07, 6.45) is 3.47. The molecule has 1 atom stereocenters. The molecule has 0 saturated carbocycles. The van der Waals surface area contributed by atoms with Gasteiger partial charge in [0.2, 0.25) is 0 Å². The van der Waals surface area contributed by atoms with Crippen molar-refractivity contribution in [3.05, 3.63) is 97.2 Å². The number of carbonyl (C=O) groups excluding carboxylic acids is 1. The zero-order chi connectivity index (χ0) is 25.9. The summed E-state index contributed by atoms with van der Waals surface area (Å²) in [7, 11) is 0. The van der Waals surface area contributed by atoms with Gasteiger partial charge in [-0.05, 0) is 55.3 Å². The molecule has 0 unspecified atom stereocenters. The highest BCUT2D eigenvalue weighted by Crippen LogP contribution is 2.32. The number of thiazole rings is 1. The lowest BCUT2D eigenvalue weighted by molar-refractivity contribution is -0.139. The fourth-order valence-electron chi connectivity index (χ4n) is 4.31. The van der Waals surface area contributed by atoms with Crippen LogP contribution in [0.25, 0.3) is 6.08 Å². The van der Waals surface area contributed by atoms with E-state index >= 15 is 0 Å². The van der Waals surface area contributed by atoms with E-state index in [1.54, 1.807) is 30.6 Å². The maximum absolute atomic E-state index is 13.7. The summed E-state index contributed by atoms with van der Waals surface area (Å²) in [5.74, 6) is 1.49. The molecule has 2 aliphatic heterocycles. The van der Waals surface area contributed by atoms with E-state index in [2.05, 4.69) is 11.6 Å². The largest absolute Gasteiger partial charge is 0.490 e. The van der Waals surface area contributed by atoms with E-state index in [1.165, 1.54) is 11.3 Å². The van der Waals surface area contributed by atoms with Crippen LogP contribution in [-0.2, 0) is 9.53 Å². The van der Waals surface area contributed by atoms with E-state index in [0.717, 1.165) is 11.1 Å². The van der Waals surface area contributed by atoms with E-state index < -0.39 is 12.0 Å². The van der Waals surface area contributed by atoms with Crippen molar-refractivity contribution in [2.75, 3.05) is 26.4 Å². The topological polar surface area (TPSA) is 88.4 Å². The SMILES string of the molecule is C=CCOc1ccc([C@H]2C(C(=O)OCC)=C(C)N=c3s/c(=C\c4ccc5c(c4)OCCO5)c(=O)n32)cc1. The minimum absolute atomic E-state index is 0.213. The van der Waals surface area contributed by atoms with Crippen LogP contribution in [0.1, 0.15) is 31.0 Å². The summed E-state index contributed by atoms with van der Waals surface area (Å²) in [5, 5.41) is 0. The van der Waals surface area contributed by atoms with E-state index in [4.69, 9.17) is 18.9 Å². The van der Waals surface area contributed by atoms with E-state index in [9.17, 15) is 9.59 Å². The number of carbonyl (C=O) groups is 1. The molecular formula is C28H26N2O6S. The molecule has 3 heterocycles. The minimum atomic E-state index is -0.689. The third-order valence-electron chi connectivity index (χ3n) is 5.94. The molecule has 0 radical (unpaired) electrons. The summed E-state index contributed by atoms with van der Waals surface area (Å²) < 4.78 is 24.3. The van der Waals surface area contributed by atoms with E-state index in [0.29, 0.717) is 57.7 Å². The van der Waals surface area contributed by atoms with Gasteiger partial charge in [-0.3, -0.25) is 9.36 Å². The van der Waals surface area contributed by atoms with Crippen molar-refractivity contribution in [1.29, 1.82) is 0 Å².